The van der Waals surface area contributed by atoms with Gasteiger partial charge in [0.05, 0.1) is 5.69 Å². The molecule has 1 aromatic carbocycles. The highest BCUT2D eigenvalue weighted by molar-refractivity contribution is 6.30. The van der Waals surface area contributed by atoms with Crippen molar-refractivity contribution in [3.8, 4) is 11.5 Å². The molecule has 0 atom stereocenters. The highest BCUT2D eigenvalue weighted by atomic mass is 35.5. The molecule has 1 N–H and O–H groups in total. The highest BCUT2D eigenvalue weighted by Gasteiger charge is 2.20. The largest absolute Gasteiger partial charge is 0.455 e. The maximum absolute atomic E-state index is 6.08. The third-order valence-corrected chi connectivity index (χ3v) is 3.60. The lowest BCUT2D eigenvalue weighted by molar-refractivity contribution is 0.466. The minimum absolute atomic E-state index is 0.665. The Morgan fingerprint density at radius 1 is 1.30 bits per heavy atom. The average molecular weight is 289 g/mol. The molecule has 0 saturated heterocycles. The number of aromatic nitrogens is 1. The van der Waals surface area contributed by atoms with E-state index in [2.05, 4.69) is 10.3 Å². The fourth-order valence-corrected chi connectivity index (χ4v) is 2.17. The second-order valence-electron chi connectivity index (χ2n) is 5.10. The van der Waals surface area contributed by atoms with Crippen LogP contribution in [0.25, 0.3) is 0 Å². The second-order valence-corrected chi connectivity index (χ2v) is 5.53. The van der Waals surface area contributed by atoms with Gasteiger partial charge in [-0.2, -0.15) is 0 Å². The van der Waals surface area contributed by atoms with Gasteiger partial charge in [0.15, 0.2) is 0 Å². The van der Waals surface area contributed by atoms with Gasteiger partial charge in [0.2, 0.25) is 0 Å². The van der Waals surface area contributed by atoms with Crippen LogP contribution in [0.5, 0.6) is 11.5 Å². The van der Waals surface area contributed by atoms with Crippen LogP contribution in [0.1, 0.15) is 24.1 Å². The number of ether oxygens (including phenoxy) is 1. The number of nitrogens with zero attached hydrogens (tertiary/aromatic N) is 1. The van der Waals surface area contributed by atoms with Crippen molar-refractivity contribution in [2.24, 2.45) is 0 Å². The zero-order valence-corrected chi connectivity index (χ0v) is 12.2. The first kappa shape index (κ1) is 13.4. The molecule has 0 aliphatic heterocycles. The van der Waals surface area contributed by atoms with Crippen molar-refractivity contribution in [1.82, 2.24) is 10.3 Å². The quantitative estimate of drug-likeness (QED) is 0.900. The SMILES string of the molecule is Cc1ncccc1Oc1cc(Cl)ccc1CNC1CC1. The summed E-state index contributed by atoms with van der Waals surface area (Å²) in [6.07, 6.45) is 4.30. The van der Waals surface area contributed by atoms with Gasteiger partial charge in [0.25, 0.3) is 0 Å². The van der Waals surface area contributed by atoms with Crippen LogP contribution >= 0.6 is 11.6 Å². The Bertz CT molecular complexity index is 611. The number of nitrogens with one attached hydrogen (secondary N) is 1. The maximum atomic E-state index is 6.08. The van der Waals surface area contributed by atoms with Crippen molar-refractivity contribution in [3.63, 3.8) is 0 Å². The van der Waals surface area contributed by atoms with E-state index in [1.807, 2.05) is 37.3 Å². The second kappa shape index (κ2) is 5.81. The van der Waals surface area contributed by atoms with Crippen LogP contribution in [0.3, 0.4) is 0 Å². The first-order valence-corrected chi connectivity index (χ1v) is 7.21. The summed E-state index contributed by atoms with van der Waals surface area (Å²) in [5.41, 5.74) is 1.98. The van der Waals surface area contributed by atoms with Crippen LogP contribution in [-0.2, 0) is 6.54 Å². The van der Waals surface area contributed by atoms with Gasteiger partial charge in [-0.05, 0) is 44.0 Å². The molecule has 1 aliphatic rings. The molecule has 0 radical (unpaired) electrons. The van der Waals surface area contributed by atoms with Gasteiger partial charge < -0.3 is 10.1 Å². The molecule has 1 aliphatic carbocycles. The maximum Gasteiger partial charge on any atom is 0.148 e. The van der Waals surface area contributed by atoms with E-state index in [1.165, 1.54) is 12.8 Å². The lowest BCUT2D eigenvalue weighted by atomic mass is 10.2. The van der Waals surface area contributed by atoms with Crippen molar-refractivity contribution in [1.29, 1.82) is 0 Å². The Kier molecular flexibility index (Phi) is 3.90. The van der Waals surface area contributed by atoms with Crippen LogP contribution in [-0.4, -0.2) is 11.0 Å². The van der Waals surface area contributed by atoms with Crippen LogP contribution < -0.4 is 10.1 Å². The van der Waals surface area contributed by atoms with Gasteiger partial charge in [0.1, 0.15) is 11.5 Å². The Labute approximate surface area is 123 Å². The van der Waals surface area contributed by atoms with Crippen LogP contribution in [0, 0.1) is 6.92 Å². The molecule has 1 heterocycles. The molecular weight excluding hydrogens is 272 g/mol. The molecule has 4 heteroatoms. The summed E-state index contributed by atoms with van der Waals surface area (Å²) in [7, 11) is 0. The molecule has 2 aromatic rings. The number of halogens is 1. The van der Waals surface area contributed by atoms with Crippen molar-refractivity contribution in [3.05, 3.63) is 52.8 Å². The molecule has 1 fully saturated rings. The van der Waals surface area contributed by atoms with E-state index in [0.29, 0.717) is 11.1 Å². The topological polar surface area (TPSA) is 34.1 Å². The standard InChI is InChI=1S/C16H17ClN2O/c1-11-15(3-2-8-18-11)20-16-9-13(17)5-4-12(16)10-19-14-6-7-14/h2-5,8-9,14,19H,6-7,10H2,1H3. The van der Waals surface area contributed by atoms with E-state index in [0.717, 1.165) is 29.3 Å². The number of benzene rings is 1. The summed E-state index contributed by atoms with van der Waals surface area (Å²) in [5.74, 6) is 1.56. The number of hydrogen-bond donors (Lipinski definition) is 1. The molecule has 3 nitrogen and oxygen atoms in total. The van der Waals surface area contributed by atoms with Crippen molar-refractivity contribution in [2.75, 3.05) is 0 Å². The fourth-order valence-electron chi connectivity index (χ4n) is 2.01. The van der Waals surface area contributed by atoms with E-state index in [4.69, 9.17) is 16.3 Å². The lowest BCUT2D eigenvalue weighted by Crippen LogP contribution is -2.15. The highest BCUT2D eigenvalue weighted by Crippen LogP contribution is 2.30. The average Bonchev–Trinajstić information content (AvgIpc) is 3.25. The third kappa shape index (κ3) is 3.30. The van der Waals surface area contributed by atoms with Crippen LogP contribution in [0.4, 0.5) is 0 Å². The summed E-state index contributed by atoms with van der Waals surface area (Å²) in [4.78, 5) is 4.24. The smallest absolute Gasteiger partial charge is 0.148 e. The molecule has 0 bridgehead atoms. The van der Waals surface area contributed by atoms with E-state index >= 15 is 0 Å². The first-order valence-electron chi connectivity index (χ1n) is 6.83. The molecule has 0 spiro atoms. The van der Waals surface area contributed by atoms with E-state index in [1.54, 1.807) is 6.20 Å². The predicted octanol–water partition coefficient (Wildman–Crippen LogP) is 4.09. The number of pyridine rings is 1. The normalized spacial score (nSPS) is 14.3. The summed E-state index contributed by atoms with van der Waals surface area (Å²) in [6, 6.07) is 10.2. The molecule has 104 valence electrons. The Morgan fingerprint density at radius 2 is 2.15 bits per heavy atom. The van der Waals surface area contributed by atoms with E-state index in [9.17, 15) is 0 Å². The molecule has 0 amide bonds. The fraction of sp³-hybridized carbons (Fsp3) is 0.312. The number of rotatable bonds is 5. The zero-order chi connectivity index (χ0) is 13.9. The van der Waals surface area contributed by atoms with Gasteiger partial charge in [0, 0.05) is 29.4 Å². The van der Waals surface area contributed by atoms with Crippen molar-refractivity contribution < 1.29 is 4.74 Å². The summed E-state index contributed by atoms with van der Waals surface area (Å²) < 4.78 is 5.99. The summed E-state index contributed by atoms with van der Waals surface area (Å²) in [5, 5.41) is 4.17. The van der Waals surface area contributed by atoms with Gasteiger partial charge in [-0.15, -0.1) is 0 Å². The summed E-state index contributed by atoms with van der Waals surface area (Å²) >= 11 is 6.08. The number of hydrogen-bond acceptors (Lipinski definition) is 3. The van der Waals surface area contributed by atoms with E-state index in [-0.39, 0.29) is 0 Å². The number of aryl methyl sites for hydroxylation is 1. The van der Waals surface area contributed by atoms with Crippen molar-refractivity contribution in [2.45, 2.75) is 32.4 Å². The lowest BCUT2D eigenvalue weighted by Gasteiger charge is -2.13. The van der Waals surface area contributed by atoms with Gasteiger partial charge in [-0.3, -0.25) is 4.98 Å². The van der Waals surface area contributed by atoms with E-state index < -0.39 is 0 Å². The minimum Gasteiger partial charge on any atom is -0.455 e. The monoisotopic (exact) mass is 288 g/mol. The Balaban J connectivity index is 1.82. The van der Waals surface area contributed by atoms with Gasteiger partial charge in [-0.1, -0.05) is 17.7 Å². The van der Waals surface area contributed by atoms with Crippen LogP contribution in [0.2, 0.25) is 5.02 Å². The minimum atomic E-state index is 0.665. The van der Waals surface area contributed by atoms with Crippen molar-refractivity contribution >= 4 is 11.6 Å². The molecular formula is C16H17ClN2O. The molecule has 0 unspecified atom stereocenters. The Hall–Kier alpha value is -1.58. The van der Waals surface area contributed by atoms with Gasteiger partial charge in [-0.25, -0.2) is 0 Å². The first-order chi connectivity index (χ1) is 9.72. The zero-order valence-electron chi connectivity index (χ0n) is 11.4. The summed E-state index contributed by atoms with van der Waals surface area (Å²) in [6.45, 7) is 2.73. The molecule has 20 heavy (non-hydrogen) atoms. The molecule has 1 saturated carbocycles. The Morgan fingerprint density at radius 3 is 2.90 bits per heavy atom. The molecule has 3 rings (SSSR count). The predicted molar refractivity (Wildman–Crippen MR) is 80.4 cm³/mol. The van der Waals surface area contributed by atoms with Gasteiger partial charge >= 0.3 is 0 Å². The molecule has 1 aromatic heterocycles. The van der Waals surface area contributed by atoms with Crippen LogP contribution in [0.15, 0.2) is 36.5 Å². The third-order valence-electron chi connectivity index (χ3n) is 3.37.